The van der Waals surface area contributed by atoms with E-state index in [-0.39, 0.29) is 30.2 Å². The van der Waals surface area contributed by atoms with Crippen LogP contribution in [0.25, 0.3) is 0 Å². The molecule has 2 aromatic carbocycles. The van der Waals surface area contributed by atoms with Gasteiger partial charge in [-0.2, -0.15) is 0 Å². The topological polar surface area (TPSA) is 64.7 Å². The Labute approximate surface area is 183 Å². The molecular formula is C24H31FN4O2. The molecular weight excluding hydrogens is 395 g/mol. The number of carbonyl (C=O) groups excluding carboxylic acids is 2. The third kappa shape index (κ3) is 7.15. The van der Waals surface area contributed by atoms with Crippen molar-refractivity contribution >= 4 is 17.5 Å². The Hall–Kier alpha value is -2.77. The molecule has 1 aliphatic heterocycles. The summed E-state index contributed by atoms with van der Waals surface area (Å²) < 4.78 is 13.0. The molecule has 7 heteroatoms. The molecule has 1 atom stereocenters. The van der Waals surface area contributed by atoms with Gasteiger partial charge < -0.3 is 10.6 Å². The summed E-state index contributed by atoms with van der Waals surface area (Å²) in [6.07, 6.45) is 1.00. The summed E-state index contributed by atoms with van der Waals surface area (Å²) >= 11 is 0. The zero-order chi connectivity index (χ0) is 22.2. The van der Waals surface area contributed by atoms with Gasteiger partial charge in [0.2, 0.25) is 11.8 Å². The van der Waals surface area contributed by atoms with Gasteiger partial charge in [-0.1, -0.05) is 31.2 Å². The highest BCUT2D eigenvalue weighted by Gasteiger charge is 2.21. The maximum absolute atomic E-state index is 13.0. The summed E-state index contributed by atoms with van der Waals surface area (Å²) in [4.78, 5) is 28.8. The summed E-state index contributed by atoms with van der Waals surface area (Å²) in [6.45, 7) is 7.66. The second-order valence-electron chi connectivity index (χ2n) is 7.99. The number of hydrogen-bond acceptors (Lipinski definition) is 4. The highest BCUT2D eigenvalue weighted by atomic mass is 19.1. The van der Waals surface area contributed by atoms with Gasteiger partial charge in [-0.15, -0.1) is 0 Å². The molecule has 0 bridgehead atoms. The molecule has 166 valence electrons. The minimum absolute atomic E-state index is 0.00886. The van der Waals surface area contributed by atoms with Crippen molar-refractivity contribution in [2.24, 2.45) is 0 Å². The van der Waals surface area contributed by atoms with Crippen molar-refractivity contribution in [3.63, 3.8) is 0 Å². The average molecular weight is 427 g/mol. The van der Waals surface area contributed by atoms with Crippen LogP contribution in [-0.4, -0.2) is 60.9 Å². The van der Waals surface area contributed by atoms with E-state index >= 15 is 0 Å². The Morgan fingerprint density at radius 3 is 2.00 bits per heavy atom. The van der Waals surface area contributed by atoms with Crippen molar-refractivity contribution in [1.29, 1.82) is 0 Å². The van der Waals surface area contributed by atoms with Gasteiger partial charge in [0.15, 0.2) is 0 Å². The maximum atomic E-state index is 13.0. The summed E-state index contributed by atoms with van der Waals surface area (Å²) in [5.41, 5.74) is 2.97. The van der Waals surface area contributed by atoms with Gasteiger partial charge in [-0.3, -0.25) is 19.4 Å². The third-order valence-electron chi connectivity index (χ3n) is 5.59. The van der Waals surface area contributed by atoms with Crippen LogP contribution in [0, 0.1) is 5.82 Å². The van der Waals surface area contributed by atoms with Crippen molar-refractivity contribution in [3.8, 4) is 0 Å². The van der Waals surface area contributed by atoms with Crippen LogP contribution < -0.4 is 10.6 Å². The molecule has 0 aromatic heterocycles. The molecule has 2 aromatic rings. The lowest BCUT2D eigenvalue weighted by atomic mass is 10.1. The van der Waals surface area contributed by atoms with Gasteiger partial charge in [0.1, 0.15) is 5.82 Å². The molecule has 1 heterocycles. The molecule has 1 aliphatic rings. The molecule has 1 saturated heterocycles. The number of amides is 2. The number of piperazine rings is 1. The molecule has 0 aliphatic carbocycles. The minimum atomic E-state index is -0.332. The van der Waals surface area contributed by atoms with E-state index in [0.29, 0.717) is 12.2 Å². The van der Waals surface area contributed by atoms with E-state index in [1.165, 1.54) is 17.7 Å². The van der Waals surface area contributed by atoms with Gasteiger partial charge >= 0.3 is 0 Å². The number of carbonyl (C=O) groups is 2. The van der Waals surface area contributed by atoms with Crippen molar-refractivity contribution in [1.82, 2.24) is 15.1 Å². The molecule has 0 spiro atoms. The first-order chi connectivity index (χ1) is 14.9. The standard InChI is InChI=1S/C24H31FN4O2/c1-3-19-4-6-20(7-5-19)18(2)26-23(30)16-28-12-14-29(15-13-28)17-24(31)27-22-10-8-21(25)9-11-22/h4-11,18H,3,12-17H2,1-2H3,(H,26,30)(H,27,31)/t18-/m1/s1. The Balaban J connectivity index is 1.37. The second-order valence-corrected chi connectivity index (χ2v) is 7.99. The lowest BCUT2D eigenvalue weighted by molar-refractivity contribution is -0.124. The van der Waals surface area contributed by atoms with E-state index in [0.717, 1.165) is 38.2 Å². The Kier molecular flexibility index (Phi) is 8.14. The van der Waals surface area contributed by atoms with Gasteiger partial charge in [0.05, 0.1) is 19.1 Å². The highest BCUT2D eigenvalue weighted by Crippen LogP contribution is 2.14. The first kappa shape index (κ1) is 22.9. The highest BCUT2D eigenvalue weighted by molar-refractivity contribution is 5.92. The summed E-state index contributed by atoms with van der Waals surface area (Å²) in [7, 11) is 0. The van der Waals surface area contributed by atoms with Crippen molar-refractivity contribution in [2.45, 2.75) is 26.3 Å². The first-order valence-corrected chi connectivity index (χ1v) is 10.8. The fourth-order valence-electron chi connectivity index (χ4n) is 3.66. The first-order valence-electron chi connectivity index (χ1n) is 10.8. The molecule has 3 rings (SSSR count). The second kappa shape index (κ2) is 11.0. The predicted octanol–water partition coefficient (Wildman–Crippen LogP) is 2.82. The van der Waals surface area contributed by atoms with Crippen molar-refractivity contribution < 1.29 is 14.0 Å². The number of rotatable bonds is 8. The average Bonchev–Trinajstić information content (AvgIpc) is 2.76. The Morgan fingerprint density at radius 1 is 0.903 bits per heavy atom. The third-order valence-corrected chi connectivity index (χ3v) is 5.59. The van der Waals surface area contributed by atoms with Crippen LogP contribution in [-0.2, 0) is 16.0 Å². The monoisotopic (exact) mass is 426 g/mol. The molecule has 6 nitrogen and oxygen atoms in total. The molecule has 2 N–H and O–H groups in total. The van der Waals surface area contributed by atoms with Crippen LogP contribution in [0.15, 0.2) is 48.5 Å². The van der Waals surface area contributed by atoms with E-state index in [1.807, 2.05) is 6.92 Å². The number of aryl methyl sites for hydroxylation is 1. The number of hydrogen-bond donors (Lipinski definition) is 2. The van der Waals surface area contributed by atoms with E-state index < -0.39 is 0 Å². The minimum Gasteiger partial charge on any atom is -0.348 e. The SMILES string of the molecule is CCc1ccc([C@@H](C)NC(=O)CN2CCN(CC(=O)Nc3ccc(F)cc3)CC2)cc1. The van der Waals surface area contributed by atoms with Crippen LogP contribution in [0.2, 0.25) is 0 Å². The van der Waals surface area contributed by atoms with Gasteiger partial charge in [0.25, 0.3) is 0 Å². The van der Waals surface area contributed by atoms with Gasteiger partial charge in [0, 0.05) is 31.9 Å². The Bertz CT molecular complexity index is 862. The number of benzene rings is 2. The summed E-state index contributed by atoms with van der Waals surface area (Å²) in [5.74, 6) is -0.447. The van der Waals surface area contributed by atoms with Crippen LogP contribution in [0.3, 0.4) is 0 Å². The number of anilines is 1. The van der Waals surface area contributed by atoms with Crippen LogP contribution in [0.4, 0.5) is 10.1 Å². The van der Waals surface area contributed by atoms with Gasteiger partial charge in [-0.05, 0) is 48.7 Å². The predicted molar refractivity (Wildman–Crippen MR) is 120 cm³/mol. The maximum Gasteiger partial charge on any atom is 0.238 e. The summed E-state index contributed by atoms with van der Waals surface area (Å²) in [6, 6.07) is 14.0. The Morgan fingerprint density at radius 2 is 1.45 bits per heavy atom. The summed E-state index contributed by atoms with van der Waals surface area (Å²) in [5, 5.41) is 5.85. The van der Waals surface area contributed by atoms with Crippen LogP contribution >= 0.6 is 0 Å². The fourth-order valence-corrected chi connectivity index (χ4v) is 3.66. The largest absolute Gasteiger partial charge is 0.348 e. The molecule has 31 heavy (non-hydrogen) atoms. The lowest BCUT2D eigenvalue weighted by Crippen LogP contribution is -2.51. The quantitative estimate of drug-likeness (QED) is 0.681. The zero-order valence-electron chi connectivity index (χ0n) is 18.2. The molecule has 0 saturated carbocycles. The fraction of sp³-hybridized carbons (Fsp3) is 0.417. The van der Waals surface area contributed by atoms with E-state index in [2.05, 4.69) is 51.6 Å². The van der Waals surface area contributed by atoms with E-state index in [4.69, 9.17) is 0 Å². The number of halogens is 1. The van der Waals surface area contributed by atoms with Gasteiger partial charge in [-0.25, -0.2) is 4.39 Å². The van der Waals surface area contributed by atoms with Crippen molar-refractivity contribution in [3.05, 3.63) is 65.5 Å². The smallest absolute Gasteiger partial charge is 0.238 e. The molecule has 0 unspecified atom stereocenters. The van der Waals surface area contributed by atoms with Crippen LogP contribution in [0.5, 0.6) is 0 Å². The zero-order valence-corrected chi connectivity index (χ0v) is 18.2. The van der Waals surface area contributed by atoms with E-state index in [1.54, 1.807) is 12.1 Å². The van der Waals surface area contributed by atoms with E-state index in [9.17, 15) is 14.0 Å². The van der Waals surface area contributed by atoms with Crippen molar-refractivity contribution in [2.75, 3.05) is 44.6 Å². The normalized spacial score (nSPS) is 16.0. The molecule has 0 radical (unpaired) electrons. The molecule has 1 fully saturated rings. The number of nitrogens with zero attached hydrogens (tertiary/aromatic N) is 2. The van der Waals surface area contributed by atoms with Crippen LogP contribution in [0.1, 0.15) is 31.0 Å². The number of nitrogens with one attached hydrogen (secondary N) is 2. The lowest BCUT2D eigenvalue weighted by Gasteiger charge is -2.34. The molecule has 2 amide bonds.